The van der Waals surface area contributed by atoms with Crippen molar-refractivity contribution in [3.63, 3.8) is 0 Å². The van der Waals surface area contributed by atoms with E-state index in [9.17, 15) is 4.79 Å². The quantitative estimate of drug-likeness (QED) is 0.234. The van der Waals surface area contributed by atoms with Crippen molar-refractivity contribution in [2.45, 2.75) is 71.1 Å². The highest BCUT2D eigenvalue weighted by molar-refractivity contribution is 6.30. The molecule has 0 unspecified atom stereocenters. The number of benzene rings is 1. The molecule has 4 aromatic rings. The minimum atomic E-state index is -0.442. The number of rotatable bonds is 8. The Hall–Kier alpha value is -3.79. The zero-order valence-electron chi connectivity index (χ0n) is 22.4. The van der Waals surface area contributed by atoms with Crippen molar-refractivity contribution in [1.29, 1.82) is 0 Å². The molecule has 39 heavy (non-hydrogen) atoms. The Labute approximate surface area is 232 Å². The van der Waals surface area contributed by atoms with Gasteiger partial charge in [0, 0.05) is 36.4 Å². The lowest BCUT2D eigenvalue weighted by Gasteiger charge is -2.29. The second-order valence-electron chi connectivity index (χ2n) is 10.9. The van der Waals surface area contributed by atoms with Crippen molar-refractivity contribution < 1.29 is 9.53 Å². The molecule has 1 saturated carbocycles. The number of halogens is 1. The van der Waals surface area contributed by atoms with E-state index in [0.29, 0.717) is 47.1 Å². The first-order valence-corrected chi connectivity index (χ1v) is 13.6. The third-order valence-corrected chi connectivity index (χ3v) is 6.85. The highest BCUT2D eigenvalue weighted by atomic mass is 35.5. The molecule has 10 nitrogen and oxygen atoms in total. The summed E-state index contributed by atoms with van der Waals surface area (Å²) in [6.45, 7) is 6.25. The molecule has 0 saturated heterocycles. The molecule has 0 bridgehead atoms. The van der Waals surface area contributed by atoms with Crippen molar-refractivity contribution in [1.82, 2.24) is 30.1 Å². The topological polar surface area (TPSA) is 131 Å². The maximum atomic E-state index is 12.2. The van der Waals surface area contributed by atoms with Crippen LogP contribution in [0.5, 0.6) is 0 Å². The number of fused-ring (bicyclic) bond motifs is 1. The Balaban J connectivity index is 1.19. The van der Waals surface area contributed by atoms with Gasteiger partial charge in [-0.2, -0.15) is 10.1 Å². The molecule has 11 heteroatoms. The average molecular weight is 549 g/mol. The first-order valence-electron chi connectivity index (χ1n) is 13.2. The maximum absolute atomic E-state index is 12.2. The van der Waals surface area contributed by atoms with Crippen molar-refractivity contribution in [2.75, 3.05) is 10.6 Å². The summed E-state index contributed by atoms with van der Waals surface area (Å²) in [5, 5.41) is 15.6. The fraction of sp³-hybridized carbons (Fsp3) is 0.429. The van der Waals surface area contributed by atoms with E-state index in [4.69, 9.17) is 16.3 Å². The number of carbonyl (C=O) groups is 1. The molecule has 1 fully saturated rings. The number of H-pyrrole nitrogens is 1. The van der Waals surface area contributed by atoms with Gasteiger partial charge in [-0.3, -0.25) is 9.89 Å². The largest absolute Gasteiger partial charge is 0.460 e. The van der Waals surface area contributed by atoms with E-state index in [1.165, 1.54) is 0 Å². The number of hydrogen-bond donors (Lipinski definition) is 3. The number of carbonyl (C=O) groups excluding carboxylic acids is 1. The summed E-state index contributed by atoms with van der Waals surface area (Å²) in [5.74, 6) is 1.28. The van der Waals surface area contributed by atoms with Gasteiger partial charge in [0.2, 0.25) is 11.9 Å². The summed E-state index contributed by atoms with van der Waals surface area (Å²) in [7, 11) is 0. The van der Waals surface area contributed by atoms with Gasteiger partial charge in [-0.05, 0) is 76.1 Å². The fourth-order valence-corrected chi connectivity index (χ4v) is 5.00. The Morgan fingerprint density at radius 3 is 2.69 bits per heavy atom. The molecular formula is C28H33ClN8O2. The number of esters is 1. The lowest BCUT2D eigenvalue weighted by molar-refractivity contribution is -0.156. The molecule has 0 radical (unpaired) electrons. The molecule has 3 N–H and O–H groups in total. The van der Waals surface area contributed by atoms with Gasteiger partial charge >= 0.3 is 5.97 Å². The minimum Gasteiger partial charge on any atom is -0.460 e. The van der Waals surface area contributed by atoms with Crippen LogP contribution in [0.2, 0.25) is 5.02 Å². The summed E-state index contributed by atoms with van der Waals surface area (Å²) < 4.78 is 5.48. The number of ether oxygens (including phenoxy) is 1. The molecule has 0 amide bonds. The Morgan fingerprint density at radius 2 is 1.92 bits per heavy atom. The number of nitrogens with one attached hydrogen (secondary N) is 3. The summed E-state index contributed by atoms with van der Waals surface area (Å²) in [6, 6.07) is 9.72. The van der Waals surface area contributed by atoms with Gasteiger partial charge in [0.05, 0.1) is 16.8 Å². The van der Waals surface area contributed by atoms with Crippen LogP contribution in [-0.4, -0.2) is 47.7 Å². The van der Waals surface area contributed by atoms with Crippen molar-refractivity contribution in [3.05, 3.63) is 53.3 Å². The molecule has 0 atom stereocenters. The van der Waals surface area contributed by atoms with E-state index in [1.54, 1.807) is 12.4 Å². The van der Waals surface area contributed by atoms with Crippen molar-refractivity contribution >= 4 is 40.5 Å². The number of anilines is 2. The van der Waals surface area contributed by atoms with E-state index >= 15 is 0 Å². The summed E-state index contributed by atoms with van der Waals surface area (Å²) >= 11 is 6.08. The number of hydrogen-bond acceptors (Lipinski definition) is 9. The molecule has 3 heterocycles. The molecular weight excluding hydrogens is 516 g/mol. The zero-order valence-corrected chi connectivity index (χ0v) is 23.1. The van der Waals surface area contributed by atoms with Gasteiger partial charge in [-0.15, -0.1) is 0 Å². The van der Waals surface area contributed by atoms with Crippen LogP contribution < -0.4 is 10.6 Å². The van der Waals surface area contributed by atoms with Gasteiger partial charge < -0.3 is 15.4 Å². The zero-order chi connectivity index (χ0) is 27.4. The van der Waals surface area contributed by atoms with Gasteiger partial charge in [-0.25, -0.2) is 15.0 Å². The number of nitrogens with zero attached hydrogens (tertiary/aromatic N) is 5. The van der Waals surface area contributed by atoms with Crippen LogP contribution in [0.3, 0.4) is 0 Å². The monoisotopic (exact) mass is 548 g/mol. The van der Waals surface area contributed by atoms with E-state index in [0.717, 1.165) is 42.3 Å². The fourth-order valence-electron chi connectivity index (χ4n) is 4.79. The van der Waals surface area contributed by atoms with Gasteiger partial charge in [0.25, 0.3) is 0 Å². The second-order valence-corrected chi connectivity index (χ2v) is 11.4. The summed E-state index contributed by atoms with van der Waals surface area (Å²) in [6.07, 6.45) is 7.77. The summed E-state index contributed by atoms with van der Waals surface area (Å²) in [4.78, 5) is 30.3. The van der Waals surface area contributed by atoms with E-state index in [-0.39, 0.29) is 12.0 Å². The molecule has 1 aliphatic rings. The Morgan fingerprint density at radius 1 is 1.10 bits per heavy atom. The lowest BCUT2D eigenvalue weighted by atomic mass is 9.84. The molecule has 3 aromatic heterocycles. The van der Waals surface area contributed by atoms with Gasteiger partial charge in [0.15, 0.2) is 5.65 Å². The number of aromatic amines is 1. The maximum Gasteiger partial charge on any atom is 0.306 e. The van der Waals surface area contributed by atoms with Crippen LogP contribution in [0.4, 0.5) is 11.9 Å². The molecule has 0 spiro atoms. The van der Waals surface area contributed by atoms with E-state index in [1.807, 2.05) is 51.1 Å². The third kappa shape index (κ3) is 7.20. The molecule has 204 valence electrons. The van der Waals surface area contributed by atoms with Crippen LogP contribution >= 0.6 is 11.6 Å². The van der Waals surface area contributed by atoms with E-state index in [2.05, 4.69) is 40.8 Å². The SMILES string of the molecule is CC(C)(C)OC(=O)CC1CCC(Nc2ncc3c(-c4ccnc(NCc5cccc(Cl)c5)n4)[nH]nc3n2)CC1. The van der Waals surface area contributed by atoms with Crippen LogP contribution in [-0.2, 0) is 16.1 Å². The van der Waals surface area contributed by atoms with Gasteiger partial charge in [0.1, 0.15) is 5.60 Å². The summed E-state index contributed by atoms with van der Waals surface area (Å²) in [5.41, 5.74) is 2.57. The van der Waals surface area contributed by atoms with Gasteiger partial charge in [-0.1, -0.05) is 23.7 Å². The van der Waals surface area contributed by atoms with Crippen LogP contribution in [0, 0.1) is 5.92 Å². The van der Waals surface area contributed by atoms with E-state index < -0.39 is 5.60 Å². The minimum absolute atomic E-state index is 0.116. The lowest BCUT2D eigenvalue weighted by Crippen LogP contribution is -2.30. The first kappa shape index (κ1) is 26.8. The molecule has 1 aromatic carbocycles. The molecule has 5 rings (SSSR count). The first-order chi connectivity index (χ1) is 18.7. The van der Waals surface area contributed by atoms with Crippen molar-refractivity contribution in [3.8, 4) is 11.4 Å². The normalized spacial score (nSPS) is 17.6. The number of aromatic nitrogens is 6. The third-order valence-electron chi connectivity index (χ3n) is 6.62. The van der Waals surface area contributed by atoms with Crippen LogP contribution in [0.25, 0.3) is 22.4 Å². The second kappa shape index (κ2) is 11.5. The molecule has 0 aliphatic heterocycles. The average Bonchev–Trinajstić information content (AvgIpc) is 3.31. The molecule has 1 aliphatic carbocycles. The van der Waals surface area contributed by atoms with Crippen LogP contribution in [0.15, 0.2) is 42.7 Å². The van der Waals surface area contributed by atoms with Crippen LogP contribution in [0.1, 0.15) is 58.4 Å². The predicted octanol–water partition coefficient (Wildman–Crippen LogP) is 5.78. The Bertz CT molecular complexity index is 1440. The van der Waals surface area contributed by atoms with Crippen molar-refractivity contribution in [2.24, 2.45) is 5.92 Å². The highest BCUT2D eigenvalue weighted by Crippen LogP contribution is 2.30. The predicted molar refractivity (Wildman–Crippen MR) is 151 cm³/mol. The highest BCUT2D eigenvalue weighted by Gasteiger charge is 2.26. The Kier molecular flexibility index (Phi) is 7.92. The smallest absolute Gasteiger partial charge is 0.306 e. The standard InChI is InChI=1S/C28H33ClN8O2/c1-28(2,3)39-23(38)14-17-7-9-20(10-8-17)33-27-32-16-21-24(36-37-25(21)35-27)22-11-12-30-26(34-22)31-15-18-5-4-6-19(29)13-18/h4-6,11-13,16-17,20H,7-10,14-15H2,1-3H3,(H,30,31,34)(H2,32,33,35,36,37).